The minimum absolute atomic E-state index is 0.0481. The highest BCUT2D eigenvalue weighted by atomic mass is 16.2. The molecule has 8 heteroatoms. The molecule has 1 saturated heterocycles. The van der Waals surface area contributed by atoms with Crippen molar-refractivity contribution in [1.29, 1.82) is 0 Å². The molecule has 1 heterocycles. The summed E-state index contributed by atoms with van der Waals surface area (Å²) in [4.78, 5) is 50.0. The predicted octanol–water partition coefficient (Wildman–Crippen LogP) is 1.25. The molecule has 152 valence electrons. The number of fused-ring (bicyclic) bond motifs is 1. The molecule has 0 aliphatic carbocycles. The van der Waals surface area contributed by atoms with Gasteiger partial charge in [-0.3, -0.25) is 19.3 Å². The number of hydrogen-bond acceptors (Lipinski definition) is 4. The van der Waals surface area contributed by atoms with Crippen molar-refractivity contribution in [1.82, 2.24) is 20.9 Å². The Hall–Kier alpha value is -3.42. The first-order valence-electron chi connectivity index (χ1n) is 9.40. The largest absolute Gasteiger partial charge is 0.352 e. The van der Waals surface area contributed by atoms with Crippen molar-refractivity contribution in [2.45, 2.75) is 32.4 Å². The first-order chi connectivity index (χ1) is 13.7. The molecule has 0 radical (unpaired) electrons. The van der Waals surface area contributed by atoms with E-state index < -0.39 is 29.9 Å². The van der Waals surface area contributed by atoms with Crippen molar-refractivity contribution in [3.8, 4) is 0 Å². The maximum atomic E-state index is 13.0. The number of nitrogens with zero attached hydrogens (tertiary/aromatic N) is 1. The van der Waals surface area contributed by atoms with E-state index in [2.05, 4.69) is 16.0 Å². The minimum Gasteiger partial charge on any atom is -0.352 e. The number of benzene rings is 2. The van der Waals surface area contributed by atoms with E-state index in [-0.39, 0.29) is 18.5 Å². The molecule has 3 rings (SSSR count). The smallest absolute Gasteiger partial charge is 0.325 e. The number of carbonyl (C=O) groups excluding carboxylic acids is 4. The molecule has 0 bridgehead atoms. The molecule has 29 heavy (non-hydrogen) atoms. The number of hydrogen-bond donors (Lipinski definition) is 3. The van der Waals surface area contributed by atoms with Crippen LogP contribution in [0.3, 0.4) is 0 Å². The summed E-state index contributed by atoms with van der Waals surface area (Å²) in [6.07, 6.45) is 0. The molecule has 1 aliphatic heterocycles. The molecule has 1 aliphatic rings. The van der Waals surface area contributed by atoms with E-state index in [0.717, 1.165) is 15.7 Å². The number of nitrogens with one attached hydrogen (secondary N) is 3. The van der Waals surface area contributed by atoms with Crippen LogP contribution in [-0.4, -0.2) is 47.8 Å². The van der Waals surface area contributed by atoms with Gasteiger partial charge in [0, 0.05) is 6.04 Å². The van der Waals surface area contributed by atoms with E-state index in [1.54, 1.807) is 26.8 Å². The Labute approximate surface area is 168 Å². The standard InChI is InChI=1S/C21H24N4O4/c1-13(2)23-17(26)11-22-18(27)12-25-19(28)21(3,24-20(25)29)16-9-8-14-6-4-5-7-15(14)10-16/h4-10,13H,11-12H2,1-3H3,(H,22,27)(H,23,26)(H,24,29). The third-order valence-corrected chi connectivity index (χ3v) is 4.80. The van der Waals surface area contributed by atoms with Crippen LogP contribution in [0.1, 0.15) is 26.3 Å². The van der Waals surface area contributed by atoms with Crippen molar-refractivity contribution in [2.75, 3.05) is 13.1 Å². The summed E-state index contributed by atoms with van der Waals surface area (Å²) in [5, 5.41) is 9.72. The van der Waals surface area contributed by atoms with Gasteiger partial charge in [-0.05, 0) is 43.2 Å². The van der Waals surface area contributed by atoms with E-state index in [4.69, 9.17) is 0 Å². The second kappa shape index (κ2) is 7.90. The summed E-state index contributed by atoms with van der Waals surface area (Å²) < 4.78 is 0. The van der Waals surface area contributed by atoms with Crippen molar-refractivity contribution < 1.29 is 19.2 Å². The van der Waals surface area contributed by atoms with Crippen LogP contribution in [0, 0.1) is 0 Å². The molecule has 2 aromatic rings. The fourth-order valence-electron chi connectivity index (χ4n) is 3.29. The van der Waals surface area contributed by atoms with E-state index in [0.29, 0.717) is 5.56 Å². The molecular formula is C21H24N4O4. The lowest BCUT2D eigenvalue weighted by Gasteiger charge is -2.22. The Morgan fingerprint density at radius 2 is 1.76 bits per heavy atom. The predicted molar refractivity (Wildman–Crippen MR) is 108 cm³/mol. The number of urea groups is 1. The molecule has 0 aromatic heterocycles. The maximum Gasteiger partial charge on any atom is 0.325 e. The minimum atomic E-state index is -1.27. The molecule has 5 amide bonds. The first kappa shape index (κ1) is 20.3. The van der Waals surface area contributed by atoms with Gasteiger partial charge in [-0.15, -0.1) is 0 Å². The zero-order valence-electron chi connectivity index (χ0n) is 16.6. The zero-order chi connectivity index (χ0) is 21.2. The number of carbonyl (C=O) groups is 4. The number of imide groups is 1. The summed E-state index contributed by atoms with van der Waals surface area (Å²) in [6, 6.07) is 12.6. The summed E-state index contributed by atoms with van der Waals surface area (Å²) >= 11 is 0. The van der Waals surface area contributed by atoms with Crippen molar-refractivity contribution in [3.63, 3.8) is 0 Å². The Kier molecular flexibility index (Phi) is 5.54. The maximum absolute atomic E-state index is 13.0. The van der Waals surface area contributed by atoms with Gasteiger partial charge in [0.2, 0.25) is 11.8 Å². The van der Waals surface area contributed by atoms with Gasteiger partial charge in [0.15, 0.2) is 0 Å². The monoisotopic (exact) mass is 396 g/mol. The quantitative estimate of drug-likeness (QED) is 0.639. The second-order valence-corrected chi connectivity index (χ2v) is 7.51. The van der Waals surface area contributed by atoms with Gasteiger partial charge < -0.3 is 16.0 Å². The summed E-state index contributed by atoms with van der Waals surface area (Å²) in [7, 11) is 0. The highest BCUT2D eigenvalue weighted by Crippen LogP contribution is 2.30. The molecular weight excluding hydrogens is 372 g/mol. The highest BCUT2D eigenvalue weighted by Gasteiger charge is 2.49. The molecule has 1 unspecified atom stereocenters. The van der Waals surface area contributed by atoms with Crippen molar-refractivity contribution in [3.05, 3.63) is 48.0 Å². The van der Waals surface area contributed by atoms with Crippen molar-refractivity contribution >= 4 is 34.5 Å². The SMILES string of the molecule is CC(C)NC(=O)CNC(=O)CN1C(=O)NC(C)(c2ccc3ccccc3c2)C1=O. The van der Waals surface area contributed by atoms with Crippen LogP contribution in [0.2, 0.25) is 0 Å². The third kappa shape index (κ3) is 4.21. The summed E-state index contributed by atoms with van der Waals surface area (Å²) in [6.45, 7) is 4.55. The first-order valence-corrected chi connectivity index (χ1v) is 9.40. The van der Waals surface area contributed by atoms with E-state index in [1.165, 1.54) is 0 Å². The molecule has 0 saturated carbocycles. The van der Waals surface area contributed by atoms with E-state index >= 15 is 0 Å². The molecule has 3 N–H and O–H groups in total. The molecule has 2 aromatic carbocycles. The van der Waals surface area contributed by atoms with Gasteiger partial charge >= 0.3 is 6.03 Å². The van der Waals surface area contributed by atoms with E-state index in [1.807, 2.05) is 36.4 Å². The average molecular weight is 396 g/mol. The highest BCUT2D eigenvalue weighted by molar-refractivity contribution is 6.09. The number of rotatable bonds is 6. The van der Waals surface area contributed by atoms with Gasteiger partial charge in [-0.25, -0.2) is 4.79 Å². The fourth-order valence-corrected chi connectivity index (χ4v) is 3.29. The number of amides is 5. The molecule has 1 atom stereocenters. The third-order valence-electron chi connectivity index (χ3n) is 4.80. The lowest BCUT2D eigenvalue weighted by Crippen LogP contribution is -2.45. The Morgan fingerprint density at radius 1 is 1.07 bits per heavy atom. The molecule has 8 nitrogen and oxygen atoms in total. The van der Waals surface area contributed by atoms with Crippen LogP contribution in [0.4, 0.5) is 4.79 Å². The Morgan fingerprint density at radius 3 is 2.45 bits per heavy atom. The fraction of sp³-hybridized carbons (Fsp3) is 0.333. The van der Waals surface area contributed by atoms with Crippen LogP contribution in [-0.2, 0) is 19.9 Å². The molecule has 0 spiro atoms. The van der Waals surface area contributed by atoms with Gasteiger partial charge in [0.1, 0.15) is 12.1 Å². The summed E-state index contributed by atoms with van der Waals surface area (Å²) in [5.41, 5.74) is -0.634. The molecule has 1 fully saturated rings. The van der Waals surface area contributed by atoms with Gasteiger partial charge in [-0.2, -0.15) is 0 Å². The van der Waals surface area contributed by atoms with Crippen LogP contribution in [0.15, 0.2) is 42.5 Å². The Balaban J connectivity index is 1.71. The normalized spacial score (nSPS) is 18.8. The van der Waals surface area contributed by atoms with Crippen molar-refractivity contribution in [2.24, 2.45) is 0 Å². The van der Waals surface area contributed by atoms with Gasteiger partial charge in [0.25, 0.3) is 5.91 Å². The van der Waals surface area contributed by atoms with Crippen LogP contribution in [0.5, 0.6) is 0 Å². The van der Waals surface area contributed by atoms with Crippen LogP contribution >= 0.6 is 0 Å². The van der Waals surface area contributed by atoms with Gasteiger partial charge in [0.05, 0.1) is 6.54 Å². The second-order valence-electron chi connectivity index (χ2n) is 7.51. The topological polar surface area (TPSA) is 108 Å². The van der Waals surface area contributed by atoms with Crippen LogP contribution in [0.25, 0.3) is 10.8 Å². The lowest BCUT2D eigenvalue weighted by atomic mass is 9.90. The van der Waals surface area contributed by atoms with E-state index in [9.17, 15) is 19.2 Å². The lowest BCUT2D eigenvalue weighted by molar-refractivity contribution is -0.135. The summed E-state index contributed by atoms with van der Waals surface area (Å²) in [5.74, 6) is -1.44. The van der Waals surface area contributed by atoms with Gasteiger partial charge in [-0.1, -0.05) is 36.4 Å². The van der Waals surface area contributed by atoms with Crippen LogP contribution < -0.4 is 16.0 Å². The zero-order valence-corrected chi connectivity index (χ0v) is 16.6. The Bertz CT molecular complexity index is 988. The average Bonchev–Trinajstić information content (AvgIpc) is 2.89.